The number of rotatable bonds is 1. The molecule has 0 fully saturated rings. The molecular weight excluding hydrogens is 314 g/mol. The number of fused-ring (bicyclic) bond motifs is 4. The fourth-order valence-corrected chi connectivity index (χ4v) is 3.02. The van der Waals surface area contributed by atoms with Crippen molar-refractivity contribution in [2.75, 3.05) is 5.32 Å². The molecule has 2 aromatic rings. The number of anilines is 1. The number of alkyl halides is 2. The minimum Gasteiger partial charge on any atom is -0.323 e. The maximum Gasteiger partial charge on any atom is 0.333 e. The summed E-state index contributed by atoms with van der Waals surface area (Å²) in [7, 11) is 0. The van der Waals surface area contributed by atoms with Crippen LogP contribution in [0.1, 0.15) is 51.3 Å². The first-order valence-electron chi connectivity index (χ1n) is 8.10. The van der Waals surface area contributed by atoms with Gasteiger partial charge in [-0.1, -0.05) is 20.3 Å². The number of pyridine rings is 1. The molecule has 2 aromatic heterocycles. The summed E-state index contributed by atoms with van der Waals surface area (Å²) in [6.07, 6.45) is 5.44. The third-order valence-corrected chi connectivity index (χ3v) is 4.52. The maximum atomic E-state index is 13.3. The van der Waals surface area contributed by atoms with Crippen LogP contribution in [0.15, 0.2) is 24.5 Å². The van der Waals surface area contributed by atoms with E-state index in [9.17, 15) is 13.6 Å². The minimum absolute atomic E-state index is 0.174. The number of nitrogens with one attached hydrogen (secondary N) is 1. The normalized spacial score (nSPS) is 21.6. The molecule has 5 nitrogen and oxygen atoms in total. The van der Waals surface area contributed by atoms with Gasteiger partial charge in [0, 0.05) is 23.4 Å². The molecule has 128 valence electrons. The number of carbonyl (C=O) groups is 1. The highest BCUT2D eigenvalue weighted by Gasteiger charge is 2.23. The molecule has 2 atom stereocenters. The summed E-state index contributed by atoms with van der Waals surface area (Å²) in [5.74, 6) is -0.163. The van der Waals surface area contributed by atoms with Crippen molar-refractivity contribution in [3.8, 4) is 11.3 Å². The van der Waals surface area contributed by atoms with Crippen molar-refractivity contribution < 1.29 is 13.6 Å². The Balaban J connectivity index is 2.15. The van der Waals surface area contributed by atoms with Gasteiger partial charge in [0.25, 0.3) is 0 Å². The largest absolute Gasteiger partial charge is 0.333 e. The summed E-state index contributed by atoms with van der Waals surface area (Å²) < 4.78 is 27.3. The van der Waals surface area contributed by atoms with Crippen molar-refractivity contribution in [2.24, 2.45) is 5.92 Å². The lowest BCUT2D eigenvalue weighted by atomic mass is 9.94. The van der Waals surface area contributed by atoms with Crippen molar-refractivity contribution in [2.45, 2.75) is 45.6 Å². The molecule has 0 aromatic carbocycles. The highest BCUT2D eigenvalue weighted by Crippen LogP contribution is 2.34. The molecule has 0 saturated heterocycles. The molecule has 1 aliphatic rings. The van der Waals surface area contributed by atoms with Gasteiger partial charge in [-0.25, -0.2) is 4.68 Å². The smallest absolute Gasteiger partial charge is 0.323 e. The van der Waals surface area contributed by atoms with Crippen LogP contribution in [0.25, 0.3) is 11.3 Å². The lowest BCUT2D eigenvalue weighted by Crippen LogP contribution is -2.21. The van der Waals surface area contributed by atoms with Crippen molar-refractivity contribution in [1.82, 2.24) is 14.8 Å². The minimum atomic E-state index is -2.79. The van der Waals surface area contributed by atoms with Crippen LogP contribution in [0.4, 0.5) is 14.5 Å². The first-order valence-corrected chi connectivity index (χ1v) is 8.10. The van der Waals surface area contributed by atoms with Gasteiger partial charge in [0.2, 0.25) is 5.91 Å². The van der Waals surface area contributed by atoms with E-state index in [4.69, 9.17) is 0 Å². The molecule has 0 radical (unpaired) electrons. The van der Waals surface area contributed by atoms with E-state index in [1.807, 2.05) is 6.92 Å². The standard InChI is InChI=1S/C17H20F2N4O/c1-10-4-3-5-11(2)16(24)22-14-9-21-23(17(18)19)15(14)12-6-7-20-13(10)8-12/h6-11,17H,3-5H2,1-2H3,(H,22,24). The zero-order chi connectivity index (χ0) is 17.3. The first-order chi connectivity index (χ1) is 11.5. The zero-order valence-electron chi connectivity index (χ0n) is 13.7. The summed E-state index contributed by atoms with van der Waals surface area (Å²) in [4.78, 5) is 16.7. The Morgan fingerprint density at radius 1 is 1.29 bits per heavy atom. The van der Waals surface area contributed by atoms with Gasteiger partial charge in [-0.2, -0.15) is 13.9 Å². The molecule has 3 rings (SSSR count). The highest BCUT2D eigenvalue weighted by molar-refractivity contribution is 5.95. The van der Waals surface area contributed by atoms with Crippen LogP contribution in [0, 0.1) is 5.92 Å². The van der Waals surface area contributed by atoms with Gasteiger partial charge in [-0.15, -0.1) is 0 Å². The maximum absolute atomic E-state index is 13.3. The average Bonchev–Trinajstić information content (AvgIpc) is 2.97. The summed E-state index contributed by atoms with van der Waals surface area (Å²) in [6, 6.07) is 3.47. The molecule has 0 saturated carbocycles. The van der Waals surface area contributed by atoms with E-state index in [1.165, 1.54) is 6.20 Å². The molecule has 3 heterocycles. The molecule has 2 bridgehead atoms. The Morgan fingerprint density at radius 3 is 2.79 bits per heavy atom. The van der Waals surface area contributed by atoms with E-state index in [2.05, 4.69) is 22.3 Å². The Labute approximate surface area is 139 Å². The molecule has 24 heavy (non-hydrogen) atoms. The van der Waals surface area contributed by atoms with Crippen molar-refractivity contribution in [3.63, 3.8) is 0 Å². The second-order valence-corrected chi connectivity index (χ2v) is 6.32. The van der Waals surface area contributed by atoms with E-state index in [0.717, 1.165) is 25.0 Å². The summed E-state index contributed by atoms with van der Waals surface area (Å²) in [5, 5.41) is 6.50. The summed E-state index contributed by atoms with van der Waals surface area (Å²) in [5.41, 5.74) is 1.95. The zero-order valence-corrected chi connectivity index (χ0v) is 13.7. The molecule has 0 spiro atoms. The van der Waals surface area contributed by atoms with E-state index < -0.39 is 6.55 Å². The Hall–Kier alpha value is -2.31. The molecule has 7 heteroatoms. The highest BCUT2D eigenvalue weighted by atomic mass is 19.3. The van der Waals surface area contributed by atoms with E-state index >= 15 is 0 Å². The van der Waals surface area contributed by atoms with E-state index in [0.29, 0.717) is 15.9 Å². The van der Waals surface area contributed by atoms with E-state index in [1.54, 1.807) is 18.3 Å². The van der Waals surface area contributed by atoms with Gasteiger partial charge >= 0.3 is 6.55 Å². The number of halogens is 2. The predicted molar refractivity (Wildman–Crippen MR) is 86.8 cm³/mol. The van der Waals surface area contributed by atoms with Gasteiger partial charge < -0.3 is 5.32 Å². The number of aromatic nitrogens is 3. The van der Waals surface area contributed by atoms with Gasteiger partial charge in [0.1, 0.15) is 0 Å². The third kappa shape index (κ3) is 3.16. The molecule has 1 N–H and O–H groups in total. The van der Waals surface area contributed by atoms with Crippen LogP contribution in [0.2, 0.25) is 0 Å². The van der Waals surface area contributed by atoms with Crippen molar-refractivity contribution in [3.05, 3.63) is 30.2 Å². The van der Waals surface area contributed by atoms with Gasteiger partial charge in [0.15, 0.2) is 0 Å². The Morgan fingerprint density at radius 2 is 2.04 bits per heavy atom. The van der Waals surface area contributed by atoms with Crippen molar-refractivity contribution >= 4 is 11.6 Å². The van der Waals surface area contributed by atoms with Crippen LogP contribution in [-0.2, 0) is 4.79 Å². The number of hydrogen-bond acceptors (Lipinski definition) is 3. The van der Waals surface area contributed by atoms with E-state index in [-0.39, 0.29) is 23.4 Å². The molecule has 1 aliphatic heterocycles. The monoisotopic (exact) mass is 334 g/mol. The second kappa shape index (κ2) is 6.67. The van der Waals surface area contributed by atoms with Crippen LogP contribution < -0.4 is 5.32 Å². The van der Waals surface area contributed by atoms with Crippen LogP contribution in [0.3, 0.4) is 0 Å². The topological polar surface area (TPSA) is 59.8 Å². The summed E-state index contributed by atoms with van der Waals surface area (Å²) in [6.45, 7) is 1.12. The fourth-order valence-electron chi connectivity index (χ4n) is 3.02. The lowest BCUT2D eigenvalue weighted by Gasteiger charge is -2.18. The Bertz CT molecular complexity index is 744. The van der Waals surface area contributed by atoms with Gasteiger partial charge in [0.05, 0.1) is 17.6 Å². The van der Waals surface area contributed by atoms with Gasteiger partial charge in [-0.3, -0.25) is 9.78 Å². The van der Waals surface area contributed by atoms with Gasteiger partial charge in [-0.05, 0) is 30.9 Å². The first kappa shape index (κ1) is 16.5. The molecule has 2 unspecified atom stereocenters. The van der Waals surface area contributed by atoms with Crippen LogP contribution in [-0.4, -0.2) is 20.7 Å². The van der Waals surface area contributed by atoms with Crippen LogP contribution >= 0.6 is 0 Å². The summed E-state index contributed by atoms with van der Waals surface area (Å²) >= 11 is 0. The molecule has 1 amide bonds. The second-order valence-electron chi connectivity index (χ2n) is 6.32. The third-order valence-electron chi connectivity index (χ3n) is 4.52. The number of carbonyl (C=O) groups excluding carboxylic acids is 1. The Kier molecular flexibility index (Phi) is 4.59. The number of amides is 1. The average molecular weight is 334 g/mol. The number of hydrogen-bond donors (Lipinski definition) is 1. The molecular formula is C17H20F2N4O. The number of nitrogens with zero attached hydrogens (tertiary/aromatic N) is 3. The SMILES string of the molecule is CC1CCCC(C)c2cc(ccn2)-c2c(cnn2C(F)F)NC1=O. The molecule has 0 aliphatic carbocycles. The quantitative estimate of drug-likeness (QED) is 0.850. The predicted octanol–water partition coefficient (Wildman–Crippen LogP) is 4.20. The van der Waals surface area contributed by atoms with Crippen LogP contribution in [0.5, 0.6) is 0 Å². The fraction of sp³-hybridized carbons (Fsp3) is 0.471. The lowest BCUT2D eigenvalue weighted by molar-refractivity contribution is -0.119. The van der Waals surface area contributed by atoms with Crippen molar-refractivity contribution in [1.29, 1.82) is 0 Å².